The summed E-state index contributed by atoms with van der Waals surface area (Å²) in [6.45, 7) is 5.45. The van der Waals surface area contributed by atoms with Gasteiger partial charge in [-0.3, -0.25) is 0 Å². The van der Waals surface area contributed by atoms with Crippen molar-refractivity contribution in [2.75, 3.05) is 18.5 Å². The van der Waals surface area contributed by atoms with Crippen LogP contribution in [0, 0.1) is 0 Å². The molecule has 1 aromatic heterocycles. The van der Waals surface area contributed by atoms with Crippen LogP contribution in [0.5, 0.6) is 0 Å². The van der Waals surface area contributed by atoms with E-state index in [0.29, 0.717) is 6.04 Å². The molecule has 2 heterocycles. The predicted molar refractivity (Wildman–Crippen MR) is 77.8 cm³/mol. The third-order valence-corrected chi connectivity index (χ3v) is 4.02. The number of nitrogens with one attached hydrogen (secondary N) is 3. The smallest absolute Gasteiger partial charge is 0.323 e. The second-order valence-corrected chi connectivity index (χ2v) is 6.04. The van der Waals surface area contributed by atoms with E-state index in [-0.39, 0.29) is 11.2 Å². The fourth-order valence-electron chi connectivity index (χ4n) is 2.85. The summed E-state index contributed by atoms with van der Waals surface area (Å²) in [5, 5.41) is 3.53. The van der Waals surface area contributed by atoms with E-state index in [1.165, 1.54) is 0 Å². The highest BCUT2D eigenvalue weighted by molar-refractivity contribution is 5.79. The number of anilines is 1. The van der Waals surface area contributed by atoms with Crippen LogP contribution >= 0.6 is 0 Å². The number of aromatic amines is 2. The first-order chi connectivity index (χ1) is 8.94. The molecule has 1 aromatic carbocycles. The van der Waals surface area contributed by atoms with Crippen molar-refractivity contribution < 1.29 is 0 Å². The third-order valence-electron chi connectivity index (χ3n) is 4.02. The average Bonchev–Trinajstić information content (AvgIpc) is 2.88. The van der Waals surface area contributed by atoms with Gasteiger partial charge in [0.1, 0.15) is 0 Å². The number of H-pyrrole nitrogens is 2. The van der Waals surface area contributed by atoms with Crippen molar-refractivity contribution in [1.29, 1.82) is 0 Å². The second-order valence-electron chi connectivity index (χ2n) is 6.04. The zero-order valence-corrected chi connectivity index (χ0v) is 11.6. The van der Waals surface area contributed by atoms with Crippen molar-refractivity contribution in [1.82, 2.24) is 15.3 Å². The molecule has 0 bridgehead atoms. The molecule has 0 aliphatic carbocycles. The Kier molecular flexibility index (Phi) is 2.67. The number of hydrogen-bond acceptors (Lipinski definition) is 3. The summed E-state index contributed by atoms with van der Waals surface area (Å²) in [6, 6.07) is 6.51. The number of benzene rings is 1. The maximum atomic E-state index is 11.3. The molecule has 1 fully saturated rings. The molecule has 0 radical (unpaired) electrons. The zero-order chi connectivity index (χ0) is 13.6. The molecule has 1 unspecified atom stereocenters. The van der Waals surface area contributed by atoms with Crippen LogP contribution in [0.4, 0.5) is 5.69 Å². The topological polar surface area (TPSA) is 63.9 Å². The van der Waals surface area contributed by atoms with Crippen LogP contribution in [0.1, 0.15) is 20.3 Å². The van der Waals surface area contributed by atoms with E-state index in [0.717, 1.165) is 29.7 Å². The van der Waals surface area contributed by atoms with Crippen molar-refractivity contribution in [3.8, 4) is 0 Å². The monoisotopic (exact) mass is 260 g/mol. The van der Waals surface area contributed by atoms with Crippen molar-refractivity contribution in [2.45, 2.75) is 31.8 Å². The van der Waals surface area contributed by atoms with Crippen molar-refractivity contribution in [3.63, 3.8) is 0 Å². The molecular weight excluding hydrogens is 240 g/mol. The van der Waals surface area contributed by atoms with Gasteiger partial charge in [-0.05, 0) is 38.5 Å². The number of nitrogens with zero attached hydrogens (tertiary/aromatic N) is 1. The molecule has 1 saturated heterocycles. The van der Waals surface area contributed by atoms with Crippen LogP contribution in [-0.2, 0) is 0 Å². The molecule has 3 N–H and O–H groups in total. The number of likely N-dealkylation sites (N-methyl/N-ethyl adjacent to an activating group) is 1. The summed E-state index contributed by atoms with van der Waals surface area (Å²) in [5.74, 6) is 0. The Balaban J connectivity index is 1.89. The number of aromatic nitrogens is 2. The minimum Gasteiger partial charge on any atom is -0.370 e. The van der Waals surface area contributed by atoms with Gasteiger partial charge in [-0.15, -0.1) is 0 Å². The van der Waals surface area contributed by atoms with Gasteiger partial charge in [0.15, 0.2) is 0 Å². The highest BCUT2D eigenvalue weighted by atomic mass is 16.1. The van der Waals surface area contributed by atoms with Gasteiger partial charge in [0, 0.05) is 30.9 Å². The summed E-state index contributed by atoms with van der Waals surface area (Å²) in [5.41, 5.74) is 2.89. The summed E-state index contributed by atoms with van der Waals surface area (Å²) < 4.78 is 0. The number of fused-ring (bicyclic) bond motifs is 1. The summed E-state index contributed by atoms with van der Waals surface area (Å²) in [4.78, 5) is 19.1. The van der Waals surface area contributed by atoms with E-state index < -0.39 is 0 Å². The molecule has 3 rings (SSSR count). The molecule has 2 aromatic rings. The SMILES string of the molecule is CN(c1ccc2[nH]c(=O)[nH]c2c1)C1CNC(C)(C)C1. The van der Waals surface area contributed by atoms with Gasteiger partial charge in [0.2, 0.25) is 0 Å². The Morgan fingerprint density at radius 1 is 1.26 bits per heavy atom. The number of hydrogen-bond donors (Lipinski definition) is 3. The lowest BCUT2D eigenvalue weighted by atomic mass is 10.0. The molecule has 0 saturated carbocycles. The quantitative estimate of drug-likeness (QED) is 0.765. The first-order valence-electron chi connectivity index (χ1n) is 6.64. The Hall–Kier alpha value is -1.75. The fourth-order valence-corrected chi connectivity index (χ4v) is 2.85. The highest BCUT2D eigenvalue weighted by Gasteiger charge is 2.32. The number of imidazole rings is 1. The Morgan fingerprint density at radius 2 is 2.00 bits per heavy atom. The van der Waals surface area contributed by atoms with E-state index in [4.69, 9.17) is 0 Å². The Bertz CT molecular complexity index is 655. The van der Waals surface area contributed by atoms with Gasteiger partial charge in [0.05, 0.1) is 11.0 Å². The Morgan fingerprint density at radius 3 is 2.68 bits per heavy atom. The van der Waals surface area contributed by atoms with Gasteiger partial charge in [-0.2, -0.15) is 0 Å². The van der Waals surface area contributed by atoms with Gasteiger partial charge >= 0.3 is 5.69 Å². The van der Waals surface area contributed by atoms with Gasteiger partial charge in [0.25, 0.3) is 0 Å². The second kappa shape index (κ2) is 4.13. The summed E-state index contributed by atoms with van der Waals surface area (Å²) in [6.07, 6.45) is 1.12. The van der Waals surface area contributed by atoms with E-state index >= 15 is 0 Å². The van der Waals surface area contributed by atoms with E-state index in [2.05, 4.69) is 47.1 Å². The van der Waals surface area contributed by atoms with Crippen LogP contribution in [0.25, 0.3) is 11.0 Å². The van der Waals surface area contributed by atoms with Gasteiger partial charge in [-0.1, -0.05) is 0 Å². The molecule has 102 valence electrons. The molecule has 0 amide bonds. The van der Waals surface area contributed by atoms with E-state index in [1.807, 2.05) is 12.1 Å². The average molecular weight is 260 g/mol. The lowest BCUT2D eigenvalue weighted by Crippen LogP contribution is -2.33. The number of rotatable bonds is 2. The molecule has 5 nitrogen and oxygen atoms in total. The molecular formula is C14H20N4O. The van der Waals surface area contributed by atoms with Crippen LogP contribution in [0.3, 0.4) is 0 Å². The minimum atomic E-state index is -0.154. The molecule has 19 heavy (non-hydrogen) atoms. The first-order valence-corrected chi connectivity index (χ1v) is 6.64. The lowest BCUT2D eigenvalue weighted by molar-refractivity contribution is 0.454. The van der Waals surface area contributed by atoms with Gasteiger partial charge < -0.3 is 20.2 Å². The molecule has 0 spiro atoms. The Labute approximate surface area is 112 Å². The summed E-state index contributed by atoms with van der Waals surface area (Å²) in [7, 11) is 2.11. The maximum absolute atomic E-state index is 11.3. The van der Waals surface area contributed by atoms with Crippen molar-refractivity contribution in [2.24, 2.45) is 0 Å². The molecule has 1 atom stereocenters. The van der Waals surface area contributed by atoms with E-state index in [1.54, 1.807) is 0 Å². The van der Waals surface area contributed by atoms with Crippen LogP contribution in [-0.4, -0.2) is 35.1 Å². The zero-order valence-electron chi connectivity index (χ0n) is 11.6. The maximum Gasteiger partial charge on any atom is 0.323 e. The van der Waals surface area contributed by atoms with Crippen LogP contribution < -0.4 is 15.9 Å². The predicted octanol–water partition coefficient (Wildman–Crippen LogP) is 1.43. The molecule has 5 heteroatoms. The van der Waals surface area contributed by atoms with Crippen molar-refractivity contribution in [3.05, 3.63) is 28.7 Å². The minimum absolute atomic E-state index is 0.154. The third kappa shape index (κ3) is 2.26. The van der Waals surface area contributed by atoms with Crippen LogP contribution in [0.2, 0.25) is 0 Å². The van der Waals surface area contributed by atoms with Crippen molar-refractivity contribution >= 4 is 16.7 Å². The molecule has 1 aliphatic heterocycles. The normalized spacial score (nSPS) is 21.9. The lowest BCUT2D eigenvalue weighted by Gasteiger charge is -2.27. The first kappa shape index (κ1) is 12.3. The van der Waals surface area contributed by atoms with Gasteiger partial charge in [-0.25, -0.2) is 4.79 Å². The summed E-state index contributed by atoms with van der Waals surface area (Å²) >= 11 is 0. The molecule has 1 aliphatic rings. The standard InChI is InChI=1S/C14H20N4O/c1-14(2)7-10(8-15-14)18(3)9-4-5-11-12(6-9)17-13(19)16-11/h4-6,10,15H,7-8H2,1-3H3,(H2,16,17,19). The largest absolute Gasteiger partial charge is 0.370 e. The van der Waals surface area contributed by atoms with E-state index in [9.17, 15) is 4.79 Å². The fraction of sp³-hybridized carbons (Fsp3) is 0.500. The van der Waals surface area contributed by atoms with Crippen LogP contribution in [0.15, 0.2) is 23.0 Å². The highest BCUT2D eigenvalue weighted by Crippen LogP contribution is 2.26.